The summed E-state index contributed by atoms with van der Waals surface area (Å²) in [6.07, 6.45) is 0.624. The third-order valence-corrected chi connectivity index (χ3v) is 2.62. The van der Waals surface area contributed by atoms with Gasteiger partial charge < -0.3 is 19.9 Å². The molecule has 5 heteroatoms. The smallest absolute Gasteiger partial charge is 0.123 e. The van der Waals surface area contributed by atoms with Crippen molar-refractivity contribution >= 4 is 11.6 Å². The molecule has 0 unspecified atom stereocenters. The summed E-state index contributed by atoms with van der Waals surface area (Å²) in [5, 5.41) is 12.7. The van der Waals surface area contributed by atoms with Crippen molar-refractivity contribution in [3.8, 4) is 5.75 Å². The Hall–Kier alpha value is -0.810. The van der Waals surface area contributed by atoms with Crippen LogP contribution in [0.3, 0.4) is 0 Å². The van der Waals surface area contributed by atoms with Crippen LogP contribution in [0, 0.1) is 0 Å². The van der Waals surface area contributed by atoms with Crippen LogP contribution in [0.25, 0.3) is 0 Å². The highest BCUT2D eigenvalue weighted by molar-refractivity contribution is 6.30. The summed E-state index contributed by atoms with van der Waals surface area (Å²) >= 11 is 5.97. The number of hydrogen-bond acceptors (Lipinski definition) is 4. The lowest BCUT2D eigenvalue weighted by Gasteiger charge is -2.12. The van der Waals surface area contributed by atoms with Crippen LogP contribution in [0.4, 0.5) is 0 Å². The molecule has 1 rings (SSSR count). The Kier molecular flexibility index (Phi) is 7.76. The first-order valence-corrected chi connectivity index (χ1v) is 6.37. The molecule has 0 aliphatic heterocycles. The zero-order valence-electron chi connectivity index (χ0n) is 10.6. The summed E-state index contributed by atoms with van der Waals surface area (Å²) < 4.78 is 10.6. The summed E-state index contributed by atoms with van der Waals surface area (Å²) in [4.78, 5) is 0. The van der Waals surface area contributed by atoms with Gasteiger partial charge >= 0.3 is 0 Å². The fraction of sp³-hybridized carbons (Fsp3) is 0.538. The third-order valence-electron chi connectivity index (χ3n) is 2.38. The van der Waals surface area contributed by atoms with Gasteiger partial charge in [-0.3, -0.25) is 0 Å². The molecule has 1 aromatic carbocycles. The van der Waals surface area contributed by atoms with Gasteiger partial charge in [0, 0.05) is 43.8 Å². The monoisotopic (exact) mass is 273 g/mol. The molecule has 0 aliphatic carbocycles. The van der Waals surface area contributed by atoms with Crippen LogP contribution in [-0.2, 0) is 11.3 Å². The van der Waals surface area contributed by atoms with E-state index in [1.165, 1.54) is 0 Å². The highest BCUT2D eigenvalue weighted by Crippen LogP contribution is 2.23. The lowest BCUT2D eigenvalue weighted by molar-refractivity contribution is 0.198. The lowest BCUT2D eigenvalue weighted by Crippen LogP contribution is -2.19. The quantitative estimate of drug-likeness (QED) is 0.674. The van der Waals surface area contributed by atoms with Gasteiger partial charge in [-0.15, -0.1) is 0 Å². The van der Waals surface area contributed by atoms with Gasteiger partial charge in [0.05, 0.1) is 13.2 Å². The summed E-state index contributed by atoms with van der Waals surface area (Å²) in [6.45, 7) is 2.76. The van der Waals surface area contributed by atoms with Crippen LogP contribution in [0.5, 0.6) is 5.75 Å². The van der Waals surface area contributed by atoms with Crippen molar-refractivity contribution in [2.45, 2.75) is 13.0 Å². The molecular weight excluding hydrogens is 254 g/mol. The van der Waals surface area contributed by atoms with E-state index in [0.29, 0.717) is 31.2 Å². The molecule has 0 radical (unpaired) electrons. The number of hydrogen-bond donors (Lipinski definition) is 2. The molecular formula is C13H20ClNO3. The number of aliphatic hydroxyl groups is 1. The topological polar surface area (TPSA) is 50.7 Å². The molecule has 4 nitrogen and oxygen atoms in total. The second kappa shape index (κ2) is 9.16. The SMILES string of the molecule is COCCNCc1cc(Cl)ccc1OCCCO. The van der Waals surface area contributed by atoms with Crippen molar-refractivity contribution in [2.24, 2.45) is 0 Å². The maximum Gasteiger partial charge on any atom is 0.123 e. The largest absolute Gasteiger partial charge is 0.493 e. The standard InChI is InChI=1S/C13H20ClNO3/c1-17-8-5-15-10-11-9-12(14)3-4-13(11)18-7-2-6-16/h3-4,9,15-16H,2,5-8,10H2,1H3. The highest BCUT2D eigenvalue weighted by Gasteiger charge is 2.04. The average molecular weight is 274 g/mol. The van der Waals surface area contributed by atoms with Crippen LogP contribution in [0.15, 0.2) is 18.2 Å². The normalized spacial score (nSPS) is 10.6. The lowest BCUT2D eigenvalue weighted by atomic mass is 10.2. The van der Waals surface area contributed by atoms with Gasteiger partial charge in [0.15, 0.2) is 0 Å². The first kappa shape index (κ1) is 15.2. The van der Waals surface area contributed by atoms with E-state index in [1.807, 2.05) is 12.1 Å². The summed E-state index contributed by atoms with van der Waals surface area (Å²) in [7, 11) is 1.67. The second-order valence-corrected chi connectivity index (χ2v) is 4.28. The number of benzene rings is 1. The Morgan fingerprint density at radius 3 is 2.89 bits per heavy atom. The molecule has 0 heterocycles. The molecule has 0 amide bonds. The summed E-state index contributed by atoms with van der Waals surface area (Å²) in [6, 6.07) is 5.54. The molecule has 18 heavy (non-hydrogen) atoms. The Bertz CT molecular complexity index is 347. The van der Waals surface area contributed by atoms with E-state index in [4.69, 9.17) is 26.2 Å². The zero-order valence-corrected chi connectivity index (χ0v) is 11.4. The van der Waals surface area contributed by atoms with Gasteiger partial charge in [-0.25, -0.2) is 0 Å². The number of rotatable bonds is 9. The van der Waals surface area contributed by atoms with Gasteiger partial charge in [0.2, 0.25) is 0 Å². The van der Waals surface area contributed by atoms with Crippen molar-refractivity contribution in [3.63, 3.8) is 0 Å². The first-order valence-electron chi connectivity index (χ1n) is 5.99. The Morgan fingerprint density at radius 1 is 1.33 bits per heavy atom. The highest BCUT2D eigenvalue weighted by atomic mass is 35.5. The van der Waals surface area contributed by atoms with E-state index in [9.17, 15) is 0 Å². The Morgan fingerprint density at radius 2 is 2.17 bits per heavy atom. The first-order chi connectivity index (χ1) is 8.77. The molecule has 0 spiro atoms. The third kappa shape index (κ3) is 5.69. The Labute approximate surface area is 113 Å². The van der Waals surface area contributed by atoms with E-state index >= 15 is 0 Å². The van der Waals surface area contributed by atoms with Crippen LogP contribution >= 0.6 is 11.6 Å². The maximum atomic E-state index is 8.73. The molecule has 0 atom stereocenters. The predicted octanol–water partition coefficient (Wildman–Crippen LogP) is 1.84. The summed E-state index contributed by atoms with van der Waals surface area (Å²) in [5.74, 6) is 0.803. The number of ether oxygens (including phenoxy) is 2. The fourth-order valence-electron chi connectivity index (χ4n) is 1.47. The molecule has 0 fully saturated rings. The number of methoxy groups -OCH3 is 1. The Balaban J connectivity index is 2.53. The zero-order chi connectivity index (χ0) is 13.2. The predicted molar refractivity (Wildman–Crippen MR) is 72.2 cm³/mol. The number of nitrogens with one attached hydrogen (secondary N) is 1. The van der Waals surface area contributed by atoms with Gasteiger partial charge in [0.25, 0.3) is 0 Å². The molecule has 0 aliphatic rings. The van der Waals surface area contributed by atoms with Gasteiger partial charge in [-0.1, -0.05) is 11.6 Å². The minimum absolute atomic E-state index is 0.134. The van der Waals surface area contributed by atoms with Crippen LogP contribution in [0.2, 0.25) is 5.02 Å². The number of halogens is 1. The van der Waals surface area contributed by atoms with Crippen molar-refractivity contribution < 1.29 is 14.6 Å². The van der Waals surface area contributed by atoms with E-state index in [0.717, 1.165) is 17.9 Å². The van der Waals surface area contributed by atoms with E-state index in [-0.39, 0.29) is 6.61 Å². The molecule has 2 N–H and O–H groups in total. The van der Waals surface area contributed by atoms with Crippen molar-refractivity contribution in [1.82, 2.24) is 5.32 Å². The molecule has 0 saturated carbocycles. The molecule has 0 aromatic heterocycles. The van der Waals surface area contributed by atoms with Gasteiger partial charge in [-0.2, -0.15) is 0 Å². The summed E-state index contributed by atoms with van der Waals surface area (Å²) in [5.41, 5.74) is 1.01. The van der Waals surface area contributed by atoms with Crippen molar-refractivity contribution in [3.05, 3.63) is 28.8 Å². The minimum Gasteiger partial charge on any atom is -0.493 e. The molecule has 0 bridgehead atoms. The second-order valence-electron chi connectivity index (χ2n) is 3.85. The van der Waals surface area contributed by atoms with Gasteiger partial charge in [0.1, 0.15) is 5.75 Å². The van der Waals surface area contributed by atoms with E-state index in [2.05, 4.69) is 5.32 Å². The van der Waals surface area contributed by atoms with E-state index in [1.54, 1.807) is 13.2 Å². The van der Waals surface area contributed by atoms with Crippen molar-refractivity contribution in [1.29, 1.82) is 0 Å². The van der Waals surface area contributed by atoms with E-state index < -0.39 is 0 Å². The number of aliphatic hydroxyl groups excluding tert-OH is 1. The van der Waals surface area contributed by atoms with Crippen LogP contribution < -0.4 is 10.1 Å². The molecule has 102 valence electrons. The molecule has 0 saturated heterocycles. The van der Waals surface area contributed by atoms with Crippen LogP contribution in [0.1, 0.15) is 12.0 Å². The maximum absolute atomic E-state index is 8.73. The average Bonchev–Trinajstić information content (AvgIpc) is 2.37. The fourth-order valence-corrected chi connectivity index (χ4v) is 1.67. The van der Waals surface area contributed by atoms with Crippen molar-refractivity contribution in [2.75, 3.05) is 33.5 Å². The van der Waals surface area contributed by atoms with Crippen LogP contribution in [-0.4, -0.2) is 38.6 Å². The molecule has 1 aromatic rings. The van der Waals surface area contributed by atoms with Gasteiger partial charge in [-0.05, 0) is 18.2 Å². The minimum atomic E-state index is 0.134.